The van der Waals surface area contributed by atoms with Crippen LogP contribution in [0.2, 0.25) is 0 Å². The minimum atomic E-state index is -4.23. The van der Waals surface area contributed by atoms with Crippen molar-refractivity contribution in [2.24, 2.45) is 4.99 Å². The minimum absolute atomic E-state index is 0.184. The summed E-state index contributed by atoms with van der Waals surface area (Å²) in [5, 5.41) is 20.1. The smallest absolute Gasteiger partial charge is 0.323 e. The standard InChI is InChI=1S/C25H30N6O7S/c1-16(32)29-19-8-10-20(11-9-19)39(37,38)31-21(24(35)36)15-28-23(34)18-6-3-17(4-7-18)5-12-22(33)30-25-26-13-2-14-27-25/h3-4,6-11,21,31H,2,5,12-15H2,1H3,(H,28,34)(H,29,32)(H,35,36)(H2,26,27,30,33)/t21-/m0/s1. The summed E-state index contributed by atoms with van der Waals surface area (Å²) < 4.78 is 27.3. The molecule has 0 saturated carbocycles. The molecule has 14 heteroatoms. The van der Waals surface area contributed by atoms with E-state index >= 15 is 0 Å². The summed E-state index contributed by atoms with van der Waals surface area (Å²) in [4.78, 5) is 51.4. The Hall–Kier alpha value is -4.30. The second kappa shape index (κ2) is 13.5. The molecule has 0 unspecified atom stereocenters. The number of nitrogens with one attached hydrogen (secondary N) is 5. The van der Waals surface area contributed by atoms with Crippen molar-refractivity contribution < 1.29 is 32.7 Å². The molecule has 1 aliphatic rings. The highest BCUT2D eigenvalue weighted by molar-refractivity contribution is 7.89. The number of carbonyl (C=O) groups is 4. The van der Waals surface area contributed by atoms with Crippen LogP contribution in [0.25, 0.3) is 0 Å². The Kier molecular flexibility index (Phi) is 10.1. The second-order valence-corrected chi connectivity index (χ2v) is 10.4. The predicted octanol–water partition coefficient (Wildman–Crippen LogP) is 0.205. The summed E-state index contributed by atoms with van der Waals surface area (Å²) in [6.07, 6.45) is 1.58. The molecule has 6 N–H and O–H groups in total. The molecule has 1 aliphatic heterocycles. The molecule has 2 aromatic carbocycles. The molecular formula is C25H30N6O7S. The predicted molar refractivity (Wildman–Crippen MR) is 143 cm³/mol. The average Bonchev–Trinajstić information content (AvgIpc) is 2.90. The molecule has 0 saturated heterocycles. The first kappa shape index (κ1) is 29.3. The van der Waals surface area contributed by atoms with Crippen LogP contribution in [0.5, 0.6) is 0 Å². The maximum absolute atomic E-state index is 12.6. The van der Waals surface area contributed by atoms with E-state index in [0.29, 0.717) is 24.6 Å². The van der Waals surface area contributed by atoms with Crippen LogP contribution in [0.1, 0.15) is 35.7 Å². The molecule has 0 fully saturated rings. The molecule has 1 atom stereocenters. The van der Waals surface area contributed by atoms with Crippen molar-refractivity contribution in [2.75, 3.05) is 25.0 Å². The van der Waals surface area contributed by atoms with Crippen LogP contribution in [-0.4, -0.2) is 68.9 Å². The molecule has 39 heavy (non-hydrogen) atoms. The van der Waals surface area contributed by atoms with Crippen molar-refractivity contribution in [1.29, 1.82) is 0 Å². The van der Waals surface area contributed by atoms with Gasteiger partial charge < -0.3 is 21.1 Å². The lowest BCUT2D eigenvalue weighted by Gasteiger charge is -2.16. The van der Waals surface area contributed by atoms with Gasteiger partial charge in [-0.1, -0.05) is 12.1 Å². The number of aliphatic imine (C=N–C) groups is 1. The highest BCUT2D eigenvalue weighted by Gasteiger charge is 2.26. The third kappa shape index (κ3) is 9.19. The Labute approximate surface area is 225 Å². The number of aliphatic carboxylic acids is 1. The van der Waals surface area contributed by atoms with Gasteiger partial charge in [-0.3, -0.25) is 29.5 Å². The monoisotopic (exact) mass is 558 g/mol. The van der Waals surface area contributed by atoms with Gasteiger partial charge in [-0.05, 0) is 54.8 Å². The summed E-state index contributed by atoms with van der Waals surface area (Å²) in [5.41, 5.74) is 1.44. The number of anilines is 1. The van der Waals surface area contributed by atoms with Gasteiger partial charge in [-0.2, -0.15) is 4.72 Å². The van der Waals surface area contributed by atoms with Crippen LogP contribution in [0.3, 0.4) is 0 Å². The van der Waals surface area contributed by atoms with Crippen LogP contribution in [0.15, 0.2) is 58.4 Å². The molecule has 0 aliphatic carbocycles. The van der Waals surface area contributed by atoms with E-state index < -0.39 is 34.5 Å². The number of rotatable bonds is 11. The summed E-state index contributed by atoms with van der Waals surface area (Å²) in [7, 11) is -4.23. The molecule has 13 nitrogen and oxygen atoms in total. The fraction of sp³-hybridized carbons (Fsp3) is 0.320. The zero-order valence-corrected chi connectivity index (χ0v) is 22.0. The molecule has 0 bridgehead atoms. The van der Waals surface area contributed by atoms with Gasteiger partial charge in [0.15, 0.2) is 5.96 Å². The molecule has 1 heterocycles. The Bertz CT molecular complexity index is 1340. The van der Waals surface area contributed by atoms with Gasteiger partial charge in [0.1, 0.15) is 6.04 Å². The lowest BCUT2D eigenvalue weighted by molar-refractivity contribution is -0.138. The summed E-state index contributed by atoms with van der Waals surface area (Å²) in [6, 6.07) is 9.97. The maximum Gasteiger partial charge on any atom is 0.323 e. The number of aryl methyl sites for hydroxylation is 1. The van der Waals surface area contributed by atoms with Gasteiger partial charge in [-0.15, -0.1) is 0 Å². The molecule has 0 spiro atoms. The summed E-state index contributed by atoms with van der Waals surface area (Å²) in [6.45, 7) is 2.23. The fourth-order valence-corrected chi connectivity index (χ4v) is 4.73. The van der Waals surface area contributed by atoms with E-state index in [4.69, 9.17) is 0 Å². The van der Waals surface area contributed by atoms with Crippen molar-refractivity contribution in [3.8, 4) is 0 Å². The lowest BCUT2D eigenvalue weighted by atomic mass is 10.1. The normalized spacial score (nSPS) is 13.8. The molecule has 3 rings (SSSR count). The summed E-state index contributed by atoms with van der Waals surface area (Å²) >= 11 is 0. The zero-order chi connectivity index (χ0) is 28.4. The Morgan fingerprint density at radius 3 is 2.31 bits per heavy atom. The van der Waals surface area contributed by atoms with E-state index in [2.05, 4.69) is 31.0 Å². The number of carbonyl (C=O) groups excluding carboxylic acids is 3. The first-order chi connectivity index (χ1) is 18.5. The van der Waals surface area contributed by atoms with Crippen LogP contribution < -0.4 is 26.0 Å². The molecule has 0 aromatic heterocycles. The number of amides is 3. The van der Waals surface area contributed by atoms with Gasteiger partial charge in [0, 0.05) is 44.2 Å². The van der Waals surface area contributed by atoms with Crippen molar-refractivity contribution in [1.82, 2.24) is 20.7 Å². The summed E-state index contributed by atoms with van der Waals surface area (Å²) in [5.74, 6) is -2.11. The van der Waals surface area contributed by atoms with Crippen LogP contribution in [-0.2, 0) is 30.8 Å². The number of sulfonamides is 1. The van der Waals surface area contributed by atoms with Crippen molar-refractivity contribution >= 4 is 45.4 Å². The highest BCUT2D eigenvalue weighted by Crippen LogP contribution is 2.14. The van der Waals surface area contributed by atoms with E-state index in [0.717, 1.165) is 18.5 Å². The number of benzene rings is 2. The van der Waals surface area contributed by atoms with Crippen molar-refractivity contribution in [2.45, 2.75) is 37.1 Å². The average molecular weight is 559 g/mol. The molecule has 0 radical (unpaired) electrons. The molecule has 3 amide bonds. The first-order valence-electron chi connectivity index (χ1n) is 12.1. The van der Waals surface area contributed by atoms with Gasteiger partial charge in [0.25, 0.3) is 5.91 Å². The van der Waals surface area contributed by atoms with Gasteiger partial charge in [0.05, 0.1) is 4.90 Å². The van der Waals surface area contributed by atoms with Gasteiger partial charge >= 0.3 is 5.97 Å². The largest absolute Gasteiger partial charge is 0.480 e. The highest BCUT2D eigenvalue weighted by atomic mass is 32.2. The SMILES string of the molecule is CC(=O)Nc1ccc(S(=O)(=O)N[C@@H](CNC(=O)c2ccc(CCC(=O)NC3=NCCCN3)cc2)C(=O)O)cc1. The number of nitrogens with zero attached hydrogens (tertiary/aromatic N) is 1. The third-order valence-corrected chi connectivity index (χ3v) is 7.05. The Morgan fingerprint density at radius 1 is 1.03 bits per heavy atom. The van der Waals surface area contributed by atoms with Crippen LogP contribution in [0.4, 0.5) is 5.69 Å². The molecular weight excluding hydrogens is 528 g/mol. The topological polar surface area (TPSA) is 195 Å². The number of carboxylic acid groups (broad SMARTS) is 1. The van der Waals surface area contributed by atoms with Crippen molar-refractivity contribution in [3.63, 3.8) is 0 Å². The molecule has 2 aromatic rings. The van der Waals surface area contributed by atoms with Crippen molar-refractivity contribution in [3.05, 3.63) is 59.7 Å². The van der Waals surface area contributed by atoms with Gasteiger partial charge in [0.2, 0.25) is 21.8 Å². The number of hydrogen-bond donors (Lipinski definition) is 6. The van der Waals surface area contributed by atoms with E-state index in [1.54, 1.807) is 12.1 Å². The number of guanidine groups is 1. The Morgan fingerprint density at radius 2 is 1.72 bits per heavy atom. The quantitative estimate of drug-likeness (QED) is 0.225. The fourth-order valence-electron chi connectivity index (χ4n) is 3.54. The van der Waals surface area contributed by atoms with Crippen LogP contribution >= 0.6 is 0 Å². The zero-order valence-electron chi connectivity index (χ0n) is 21.2. The van der Waals surface area contributed by atoms with Gasteiger partial charge in [-0.25, -0.2) is 8.42 Å². The first-order valence-corrected chi connectivity index (χ1v) is 13.6. The number of carboxylic acids is 1. The molecule has 208 valence electrons. The van der Waals surface area contributed by atoms with E-state index in [1.165, 1.54) is 43.3 Å². The third-order valence-electron chi connectivity index (χ3n) is 5.56. The van der Waals surface area contributed by atoms with E-state index in [-0.39, 0.29) is 28.7 Å². The number of hydrogen-bond acceptors (Lipinski definition) is 8. The van der Waals surface area contributed by atoms with E-state index in [9.17, 15) is 32.7 Å². The van der Waals surface area contributed by atoms with E-state index in [1.807, 2.05) is 0 Å². The van der Waals surface area contributed by atoms with Crippen LogP contribution in [0, 0.1) is 0 Å². The Balaban J connectivity index is 1.51. The maximum atomic E-state index is 12.6. The minimum Gasteiger partial charge on any atom is -0.480 e. The lowest BCUT2D eigenvalue weighted by Crippen LogP contribution is -2.48. The second-order valence-electron chi connectivity index (χ2n) is 8.68.